The quantitative estimate of drug-likeness (QED) is 0.670. The summed E-state index contributed by atoms with van der Waals surface area (Å²) >= 11 is 0. The van der Waals surface area contributed by atoms with E-state index in [0.717, 1.165) is 17.8 Å². The van der Waals surface area contributed by atoms with Crippen molar-refractivity contribution in [3.05, 3.63) is 35.9 Å². The lowest BCUT2D eigenvalue weighted by Gasteiger charge is -2.34. The number of hydrogen-bond acceptors (Lipinski definition) is 0. The maximum atomic E-state index is 2.43. The van der Waals surface area contributed by atoms with Crippen molar-refractivity contribution in [3.8, 4) is 0 Å². The minimum atomic E-state index is 0.904. The van der Waals surface area contributed by atoms with Crippen LogP contribution in [0.3, 0.4) is 0 Å². The van der Waals surface area contributed by atoms with Crippen LogP contribution in [0.1, 0.15) is 38.7 Å². The third-order valence-corrected chi connectivity index (χ3v) is 4.09. The monoisotopic (exact) mass is 202 g/mol. The van der Waals surface area contributed by atoms with E-state index in [1.165, 1.54) is 31.2 Å². The molecule has 1 aliphatic carbocycles. The standard InChI is InChI=1S/C15H22/c1-12-7-6-8-13(2)15(12)11-14-9-4-3-5-10-14/h3-5,9-10,12-13,15H,6-8,11H2,1-2H3. The average molecular weight is 202 g/mol. The largest absolute Gasteiger partial charge is 0.0622 e. The molecule has 0 amide bonds. The minimum absolute atomic E-state index is 0.904. The Labute approximate surface area is 93.7 Å². The zero-order chi connectivity index (χ0) is 10.7. The van der Waals surface area contributed by atoms with E-state index in [9.17, 15) is 0 Å². The first-order valence-corrected chi connectivity index (χ1v) is 6.31. The molecule has 2 rings (SSSR count). The van der Waals surface area contributed by atoms with Crippen molar-refractivity contribution in [1.82, 2.24) is 0 Å². The van der Waals surface area contributed by atoms with Gasteiger partial charge >= 0.3 is 0 Å². The molecule has 0 heteroatoms. The van der Waals surface area contributed by atoms with Gasteiger partial charge in [-0.25, -0.2) is 0 Å². The van der Waals surface area contributed by atoms with Crippen molar-refractivity contribution in [3.63, 3.8) is 0 Å². The fraction of sp³-hybridized carbons (Fsp3) is 0.600. The fourth-order valence-corrected chi connectivity index (χ4v) is 3.04. The van der Waals surface area contributed by atoms with E-state index in [1.807, 2.05) is 0 Å². The van der Waals surface area contributed by atoms with Crippen LogP contribution < -0.4 is 0 Å². The van der Waals surface area contributed by atoms with E-state index >= 15 is 0 Å². The molecule has 15 heavy (non-hydrogen) atoms. The lowest BCUT2D eigenvalue weighted by atomic mass is 9.71. The molecule has 1 aromatic carbocycles. The van der Waals surface area contributed by atoms with Crippen molar-refractivity contribution in [2.24, 2.45) is 17.8 Å². The summed E-state index contributed by atoms with van der Waals surface area (Å²) in [5.74, 6) is 2.73. The fourth-order valence-electron chi connectivity index (χ4n) is 3.04. The van der Waals surface area contributed by atoms with Crippen LogP contribution in [0.25, 0.3) is 0 Å². The Morgan fingerprint density at radius 1 is 1.00 bits per heavy atom. The van der Waals surface area contributed by atoms with Gasteiger partial charge in [0.25, 0.3) is 0 Å². The van der Waals surface area contributed by atoms with Crippen molar-refractivity contribution in [2.45, 2.75) is 39.5 Å². The molecule has 1 saturated carbocycles. The first-order valence-electron chi connectivity index (χ1n) is 6.31. The summed E-state index contributed by atoms with van der Waals surface area (Å²) in [4.78, 5) is 0. The van der Waals surface area contributed by atoms with Crippen LogP contribution >= 0.6 is 0 Å². The zero-order valence-corrected chi connectivity index (χ0v) is 9.95. The molecule has 0 heterocycles. The van der Waals surface area contributed by atoms with Crippen molar-refractivity contribution >= 4 is 0 Å². The van der Waals surface area contributed by atoms with Crippen LogP contribution in [0.5, 0.6) is 0 Å². The third-order valence-electron chi connectivity index (χ3n) is 4.09. The van der Waals surface area contributed by atoms with Gasteiger partial charge in [0.05, 0.1) is 0 Å². The van der Waals surface area contributed by atoms with Crippen LogP contribution in [0.15, 0.2) is 30.3 Å². The summed E-state index contributed by atoms with van der Waals surface area (Å²) in [5.41, 5.74) is 1.52. The molecule has 1 aliphatic rings. The van der Waals surface area contributed by atoms with Gasteiger partial charge in [-0.3, -0.25) is 0 Å². The van der Waals surface area contributed by atoms with E-state index in [2.05, 4.69) is 44.2 Å². The van der Waals surface area contributed by atoms with E-state index in [0.29, 0.717) is 0 Å². The molecule has 0 saturated heterocycles. The van der Waals surface area contributed by atoms with Crippen molar-refractivity contribution in [2.75, 3.05) is 0 Å². The number of benzene rings is 1. The summed E-state index contributed by atoms with van der Waals surface area (Å²) in [6.07, 6.45) is 5.58. The Kier molecular flexibility index (Phi) is 3.45. The van der Waals surface area contributed by atoms with Crippen LogP contribution in [0, 0.1) is 17.8 Å². The normalized spacial score (nSPS) is 31.5. The van der Waals surface area contributed by atoms with Crippen LogP contribution in [-0.4, -0.2) is 0 Å². The summed E-state index contributed by atoms with van der Waals surface area (Å²) in [6, 6.07) is 11.0. The maximum Gasteiger partial charge on any atom is -0.0245 e. The third kappa shape index (κ3) is 2.62. The second-order valence-corrected chi connectivity index (χ2v) is 5.24. The molecule has 1 aromatic rings. The Bertz CT molecular complexity index is 278. The van der Waals surface area contributed by atoms with Gasteiger partial charge in [0.1, 0.15) is 0 Å². The highest BCUT2D eigenvalue weighted by atomic mass is 14.3. The first-order chi connectivity index (χ1) is 7.27. The van der Waals surface area contributed by atoms with Gasteiger partial charge in [-0.2, -0.15) is 0 Å². The van der Waals surface area contributed by atoms with Crippen molar-refractivity contribution < 1.29 is 0 Å². The van der Waals surface area contributed by atoms with Crippen LogP contribution in [0.4, 0.5) is 0 Å². The van der Waals surface area contributed by atoms with E-state index < -0.39 is 0 Å². The number of rotatable bonds is 2. The summed E-state index contributed by atoms with van der Waals surface area (Å²) in [7, 11) is 0. The lowest BCUT2D eigenvalue weighted by molar-refractivity contribution is 0.178. The second-order valence-electron chi connectivity index (χ2n) is 5.24. The van der Waals surface area contributed by atoms with E-state index in [4.69, 9.17) is 0 Å². The van der Waals surface area contributed by atoms with E-state index in [-0.39, 0.29) is 0 Å². The predicted molar refractivity (Wildman–Crippen MR) is 65.8 cm³/mol. The molecule has 0 aromatic heterocycles. The second kappa shape index (κ2) is 4.83. The molecule has 2 atom stereocenters. The molecular formula is C15H22. The molecule has 0 radical (unpaired) electrons. The average Bonchev–Trinajstić information content (AvgIpc) is 2.25. The Hall–Kier alpha value is -0.780. The Morgan fingerprint density at radius 3 is 2.20 bits per heavy atom. The highest BCUT2D eigenvalue weighted by molar-refractivity contribution is 5.15. The van der Waals surface area contributed by atoms with Gasteiger partial charge in [-0.1, -0.05) is 63.4 Å². The minimum Gasteiger partial charge on any atom is -0.0622 e. The predicted octanol–water partition coefficient (Wildman–Crippen LogP) is 4.30. The van der Waals surface area contributed by atoms with Gasteiger partial charge in [0, 0.05) is 0 Å². The van der Waals surface area contributed by atoms with Gasteiger partial charge in [-0.05, 0) is 29.7 Å². The van der Waals surface area contributed by atoms with Crippen molar-refractivity contribution in [1.29, 1.82) is 0 Å². The van der Waals surface area contributed by atoms with Crippen LogP contribution in [0.2, 0.25) is 0 Å². The molecule has 0 spiro atoms. The highest BCUT2D eigenvalue weighted by Gasteiger charge is 2.27. The SMILES string of the molecule is CC1CCCC(C)C1Cc1ccccc1. The van der Waals surface area contributed by atoms with Gasteiger partial charge < -0.3 is 0 Å². The number of hydrogen-bond donors (Lipinski definition) is 0. The molecule has 1 fully saturated rings. The molecule has 0 aliphatic heterocycles. The topological polar surface area (TPSA) is 0 Å². The van der Waals surface area contributed by atoms with E-state index in [1.54, 1.807) is 0 Å². The smallest absolute Gasteiger partial charge is 0.0245 e. The Morgan fingerprint density at radius 2 is 1.60 bits per heavy atom. The molecule has 0 N–H and O–H groups in total. The van der Waals surface area contributed by atoms with Gasteiger partial charge in [0.2, 0.25) is 0 Å². The zero-order valence-electron chi connectivity index (χ0n) is 9.95. The molecule has 82 valence electrons. The van der Waals surface area contributed by atoms with Crippen LogP contribution in [-0.2, 0) is 6.42 Å². The summed E-state index contributed by atoms with van der Waals surface area (Å²) < 4.78 is 0. The Balaban J connectivity index is 2.03. The van der Waals surface area contributed by atoms with Gasteiger partial charge in [-0.15, -0.1) is 0 Å². The molecule has 0 bridgehead atoms. The summed E-state index contributed by atoms with van der Waals surface area (Å²) in [6.45, 7) is 4.87. The maximum absolute atomic E-state index is 2.43. The molecular weight excluding hydrogens is 180 g/mol. The lowest BCUT2D eigenvalue weighted by Crippen LogP contribution is -2.26. The highest BCUT2D eigenvalue weighted by Crippen LogP contribution is 2.36. The van der Waals surface area contributed by atoms with Gasteiger partial charge in [0.15, 0.2) is 0 Å². The summed E-state index contributed by atoms with van der Waals surface area (Å²) in [5, 5.41) is 0. The first kappa shape index (κ1) is 10.7. The molecule has 0 nitrogen and oxygen atoms in total. The molecule has 2 unspecified atom stereocenters.